The van der Waals surface area contributed by atoms with E-state index in [1.807, 2.05) is 0 Å². The van der Waals surface area contributed by atoms with E-state index < -0.39 is 0 Å². The molecule has 2 fully saturated rings. The number of hydrogen-bond donors (Lipinski definition) is 1. The average molecular weight is 520 g/mol. The highest BCUT2D eigenvalue weighted by Crippen LogP contribution is 2.55. The third kappa shape index (κ3) is 3.87. The molecule has 39 heavy (non-hydrogen) atoms. The van der Waals surface area contributed by atoms with E-state index in [1.165, 1.54) is 51.3 Å². The molecular weight excluding hydrogens is 474 g/mol. The Bertz CT molecular complexity index is 1420. The summed E-state index contributed by atoms with van der Waals surface area (Å²) in [7, 11) is 2.26. The van der Waals surface area contributed by atoms with E-state index in [0.717, 1.165) is 12.8 Å². The van der Waals surface area contributed by atoms with Crippen molar-refractivity contribution >= 4 is 5.69 Å². The first kappa shape index (κ1) is 25.2. The fourth-order valence-electron chi connectivity index (χ4n) is 8.41. The van der Waals surface area contributed by atoms with Crippen LogP contribution >= 0.6 is 0 Å². The first-order valence-corrected chi connectivity index (χ1v) is 15.1. The Morgan fingerprint density at radius 1 is 0.821 bits per heavy atom. The predicted octanol–water partition coefficient (Wildman–Crippen LogP) is 7.60. The normalized spacial score (nSPS) is 32.9. The highest BCUT2D eigenvalue weighted by Gasteiger charge is 2.47. The van der Waals surface area contributed by atoms with Gasteiger partial charge in [-0.2, -0.15) is 0 Å². The summed E-state index contributed by atoms with van der Waals surface area (Å²) in [6, 6.07) is 7.39. The molecular formula is C36H45N3. The highest BCUT2D eigenvalue weighted by atomic mass is 15.4. The molecule has 1 aromatic carbocycles. The topological polar surface area (TPSA) is 32.5 Å². The molecule has 3 nitrogen and oxygen atoms in total. The van der Waals surface area contributed by atoms with Crippen LogP contribution in [0.5, 0.6) is 0 Å². The van der Waals surface area contributed by atoms with E-state index >= 15 is 0 Å². The summed E-state index contributed by atoms with van der Waals surface area (Å²) in [5, 5.41) is 2.13. The molecule has 6 atom stereocenters. The molecule has 6 unspecified atom stereocenters. The lowest BCUT2D eigenvalue weighted by Gasteiger charge is -2.48. The number of likely N-dealkylation sites (N-methyl/N-ethyl adjacent to an activating group) is 1. The monoisotopic (exact) mass is 519 g/mol. The number of hydrogen-bond acceptors (Lipinski definition) is 3. The highest BCUT2D eigenvalue weighted by molar-refractivity contribution is 5.68. The van der Waals surface area contributed by atoms with Gasteiger partial charge in [0.15, 0.2) is 0 Å². The van der Waals surface area contributed by atoms with E-state index in [4.69, 9.17) is 5.84 Å². The maximum absolute atomic E-state index is 6.98. The third-order valence-corrected chi connectivity index (χ3v) is 10.5. The first-order valence-electron chi connectivity index (χ1n) is 15.1. The van der Waals surface area contributed by atoms with Crippen molar-refractivity contribution in [2.45, 2.75) is 72.3 Å². The third-order valence-electron chi connectivity index (χ3n) is 10.5. The second kappa shape index (κ2) is 8.36. The van der Waals surface area contributed by atoms with Crippen molar-refractivity contribution in [1.29, 1.82) is 0 Å². The fraction of sp³-hybridized carbons (Fsp3) is 0.500. The number of nitrogens with two attached hydrogens (primary N) is 1. The van der Waals surface area contributed by atoms with Crippen LogP contribution in [0.15, 0.2) is 88.8 Å². The summed E-state index contributed by atoms with van der Waals surface area (Å²) in [5.41, 5.74) is 11.7. The number of anilines is 1. The maximum Gasteiger partial charge on any atom is 0.0735 e. The molecule has 1 saturated carbocycles. The van der Waals surface area contributed by atoms with Gasteiger partial charge in [0.05, 0.1) is 11.7 Å². The summed E-state index contributed by atoms with van der Waals surface area (Å²) in [4.78, 5) is 2.45. The Morgan fingerprint density at radius 2 is 1.51 bits per heavy atom. The van der Waals surface area contributed by atoms with Crippen molar-refractivity contribution in [3.8, 4) is 0 Å². The van der Waals surface area contributed by atoms with Crippen molar-refractivity contribution in [1.82, 2.24) is 5.01 Å². The molecule has 3 heteroatoms. The zero-order chi connectivity index (χ0) is 27.4. The molecule has 7 rings (SSSR count). The van der Waals surface area contributed by atoms with Gasteiger partial charge in [0, 0.05) is 30.8 Å². The maximum atomic E-state index is 6.98. The first-order chi connectivity index (χ1) is 18.4. The lowest BCUT2D eigenvalue weighted by molar-refractivity contribution is 0.187. The number of hydrazine groups is 1. The van der Waals surface area contributed by atoms with Gasteiger partial charge in [-0.3, -0.25) is 0 Å². The van der Waals surface area contributed by atoms with E-state index in [9.17, 15) is 0 Å². The van der Waals surface area contributed by atoms with Crippen LogP contribution in [0, 0.1) is 35.0 Å². The molecule has 2 aliphatic heterocycles. The number of rotatable bonds is 0. The summed E-state index contributed by atoms with van der Waals surface area (Å²) in [5.74, 6) is 9.72. The van der Waals surface area contributed by atoms with E-state index in [0.29, 0.717) is 29.6 Å². The fourth-order valence-corrected chi connectivity index (χ4v) is 8.41. The minimum Gasteiger partial charge on any atom is -0.344 e. The molecule has 0 radical (unpaired) electrons. The Balaban J connectivity index is 1.21. The number of allylic oxidation sites excluding steroid dienone is 8. The molecule has 6 aliphatic rings. The van der Waals surface area contributed by atoms with Crippen molar-refractivity contribution in [3.63, 3.8) is 0 Å². The minimum absolute atomic E-state index is 0.110. The molecule has 2 N–H and O–H groups in total. The van der Waals surface area contributed by atoms with Crippen LogP contribution in [0.4, 0.5) is 5.69 Å². The molecule has 2 heterocycles. The molecule has 0 bridgehead atoms. The van der Waals surface area contributed by atoms with Gasteiger partial charge in [0.2, 0.25) is 0 Å². The lowest BCUT2D eigenvalue weighted by atomic mass is 9.69. The molecule has 0 amide bonds. The van der Waals surface area contributed by atoms with Gasteiger partial charge in [-0.25, -0.2) is 5.84 Å². The van der Waals surface area contributed by atoms with Crippen molar-refractivity contribution in [3.05, 3.63) is 100.0 Å². The molecule has 1 saturated heterocycles. The molecule has 204 valence electrons. The van der Waals surface area contributed by atoms with Gasteiger partial charge in [0.1, 0.15) is 0 Å². The van der Waals surface area contributed by atoms with Crippen molar-refractivity contribution < 1.29 is 0 Å². The number of benzene rings is 1. The zero-order valence-corrected chi connectivity index (χ0v) is 24.8. The van der Waals surface area contributed by atoms with Crippen molar-refractivity contribution in [2.75, 3.05) is 11.9 Å². The van der Waals surface area contributed by atoms with Gasteiger partial charge in [-0.1, -0.05) is 96.2 Å². The minimum atomic E-state index is 0.110. The quantitative estimate of drug-likeness (QED) is 0.358. The Hall–Kier alpha value is -2.78. The summed E-state index contributed by atoms with van der Waals surface area (Å²) >= 11 is 0. The molecule has 1 aromatic rings. The van der Waals surface area contributed by atoms with E-state index in [2.05, 4.69) is 119 Å². The van der Waals surface area contributed by atoms with Crippen molar-refractivity contribution in [2.24, 2.45) is 40.8 Å². The number of piperidine rings is 1. The SMILES string of the molecule is CN1C2=CC3CC4C=C5C(=CC4C3C=C2Cc2cc(C(C)(C)C)ccc21)CC1C=CC=C(C(C)(C)C)C1N5N. The average Bonchev–Trinajstić information content (AvgIpc) is 3.21. The standard InChI is InChI=1S/C36H45N3/c1-35(2,3)27-11-12-31-24(16-27)15-25-17-28-22(19-32(25)38(31)7)14-23-20-33-26(18-29(23)28)13-21-9-8-10-30(36(4,5)6)34(21)39(33)37/h8-12,16-23,28-29,34H,13-15,37H2,1-7H3. The summed E-state index contributed by atoms with van der Waals surface area (Å²) in [6.07, 6.45) is 20.8. The summed E-state index contributed by atoms with van der Waals surface area (Å²) < 4.78 is 0. The second-order valence-electron chi connectivity index (χ2n) is 15.0. The van der Waals surface area contributed by atoms with Crippen LogP contribution < -0.4 is 10.7 Å². The predicted molar refractivity (Wildman–Crippen MR) is 163 cm³/mol. The van der Waals surface area contributed by atoms with Crippen LogP contribution in [0.25, 0.3) is 0 Å². The molecule has 0 spiro atoms. The van der Waals surface area contributed by atoms with Crippen LogP contribution in [0.3, 0.4) is 0 Å². The van der Waals surface area contributed by atoms with Gasteiger partial charge >= 0.3 is 0 Å². The smallest absolute Gasteiger partial charge is 0.0735 e. The van der Waals surface area contributed by atoms with Crippen LogP contribution in [-0.2, 0) is 11.8 Å². The Labute approximate surface area is 235 Å². The molecule has 4 aliphatic carbocycles. The van der Waals surface area contributed by atoms with Gasteiger partial charge < -0.3 is 9.91 Å². The summed E-state index contributed by atoms with van der Waals surface area (Å²) in [6.45, 7) is 13.9. The van der Waals surface area contributed by atoms with E-state index in [-0.39, 0.29) is 16.9 Å². The van der Waals surface area contributed by atoms with Crippen LogP contribution in [0.2, 0.25) is 0 Å². The van der Waals surface area contributed by atoms with Crippen LogP contribution in [-0.4, -0.2) is 18.1 Å². The van der Waals surface area contributed by atoms with Gasteiger partial charge in [-0.05, 0) is 81.3 Å². The van der Waals surface area contributed by atoms with E-state index in [1.54, 1.807) is 0 Å². The Kier molecular flexibility index (Phi) is 5.41. The Morgan fingerprint density at radius 3 is 2.21 bits per heavy atom. The zero-order valence-electron chi connectivity index (χ0n) is 24.8. The van der Waals surface area contributed by atoms with Crippen LogP contribution in [0.1, 0.15) is 65.5 Å². The largest absolute Gasteiger partial charge is 0.344 e. The molecule has 0 aromatic heterocycles. The lowest BCUT2D eigenvalue weighted by Crippen LogP contribution is -2.52. The van der Waals surface area contributed by atoms with Gasteiger partial charge in [0.25, 0.3) is 0 Å². The number of fused-ring (bicyclic) bond motifs is 7. The number of nitrogens with zero attached hydrogens (tertiary/aromatic N) is 2. The second-order valence-corrected chi connectivity index (χ2v) is 15.0. The van der Waals surface area contributed by atoms with Gasteiger partial charge in [-0.15, -0.1) is 0 Å².